The van der Waals surface area contributed by atoms with Crippen LogP contribution in [0.15, 0.2) is 54.6 Å². The van der Waals surface area contributed by atoms with E-state index in [1.807, 2.05) is 42.5 Å². The molecule has 1 fully saturated rings. The van der Waals surface area contributed by atoms with Crippen molar-refractivity contribution < 1.29 is 14.6 Å². The molecule has 2 atom stereocenters. The number of ether oxygens (including phenoxy) is 1. The molecule has 1 amide bonds. The fourth-order valence-electron chi connectivity index (χ4n) is 3.06. The molecule has 0 aliphatic carbocycles. The quantitative estimate of drug-likeness (QED) is 0.932. The maximum atomic E-state index is 12.6. The Morgan fingerprint density at radius 2 is 1.92 bits per heavy atom. The van der Waals surface area contributed by atoms with Crippen LogP contribution in [0.1, 0.15) is 35.6 Å². The molecule has 0 aromatic heterocycles. The van der Waals surface area contributed by atoms with E-state index in [1.165, 1.54) is 0 Å². The zero-order valence-electron chi connectivity index (χ0n) is 13.8. The van der Waals surface area contributed by atoms with E-state index in [-0.39, 0.29) is 18.7 Å². The van der Waals surface area contributed by atoms with E-state index in [1.54, 1.807) is 17.0 Å². The van der Waals surface area contributed by atoms with Crippen molar-refractivity contribution in [3.63, 3.8) is 0 Å². The number of hydrogen-bond donors (Lipinski definition) is 1. The number of nitriles is 1. The molecule has 5 nitrogen and oxygen atoms in total. The SMILES string of the molecule is N#Cc1ccc([C@@H]2CC(O)CCN2C(=O)OCc2ccccc2)cc1. The van der Waals surface area contributed by atoms with Crippen molar-refractivity contribution in [3.8, 4) is 6.07 Å². The Kier molecular flexibility index (Phi) is 5.32. The second-order valence-corrected chi connectivity index (χ2v) is 6.16. The molecule has 1 aliphatic heterocycles. The summed E-state index contributed by atoms with van der Waals surface area (Å²) in [5, 5.41) is 18.9. The number of carbonyl (C=O) groups is 1. The van der Waals surface area contributed by atoms with Crippen LogP contribution in [0.5, 0.6) is 0 Å². The van der Waals surface area contributed by atoms with E-state index >= 15 is 0 Å². The Morgan fingerprint density at radius 3 is 2.60 bits per heavy atom. The van der Waals surface area contributed by atoms with Crippen molar-refractivity contribution >= 4 is 6.09 Å². The Labute approximate surface area is 147 Å². The Bertz CT molecular complexity index is 753. The van der Waals surface area contributed by atoms with Gasteiger partial charge in [-0.3, -0.25) is 0 Å². The summed E-state index contributed by atoms with van der Waals surface area (Å²) in [5.74, 6) is 0. The van der Waals surface area contributed by atoms with Crippen LogP contribution in [-0.2, 0) is 11.3 Å². The first-order chi connectivity index (χ1) is 12.2. The number of hydrogen-bond acceptors (Lipinski definition) is 4. The van der Waals surface area contributed by atoms with Crippen molar-refractivity contribution in [1.29, 1.82) is 5.26 Å². The zero-order valence-corrected chi connectivity index (χ0v) is 13.8. The van der Waals surface area contributed by atoms with Crippen LogP contribution < -0.4 is 0 Å². The predicted octanol–water partition coefficient (Wildman–Crippen LogP) is 3.39. The van der Waals surface area contributed by atoms with Crippen molar-refractivity contribution in [3.05, 3.63) is 71.3 Å². The summed E-state index contributed by atoms with van der Waals surface area (Å²) >= 11 is 0. The molecule has 0 radical (unpaired) electrons. The molecule has 1 N–H and O–H groups in total. The molecule has 2 aromatic rings. The number of carbonyl (C=O) groups excluding carboxylic acids is 1. The number of rotatable bonds is 3. The van der Waals surface area contributed by atoms with Gasteiger partial charge in [0, 0.05) is 6.54 Å². The monoisotopic (exact) mass is 336 g/mol. The molecule has 0 bridgehead atoms. The molecule has 1 unspecified atom stereocenters. The predicted molar refractivity (Wildman–Crippen MR) is 92.5 cm³/mol. The third-order valence-corrected chi connectivity index (χ3v) is 4.44. The highest BCUT2D eigenvalue weighted by atomic mass is 16.6. The first-order valence-electron chi connectivity index (χ1n) is 8.33. The van der Waals surface area contributed by atoms with Crippen LogP contribution in [0.3, 0.4) is 0 Å². The normalized spacial score (nSPS) is 19.9. The molecule has 0 saturated carbocycles. The molecular formula is C20H20N2O3. The summed E-state index contributed by atoms with van der Waals surface area (Å²) < 4.78 is 5.45. The third kappa shape index (κ3) is 4.17. The molecule has 3 rings (SSSR count). The largest absolute Gasteiger partial charge is 0.445 e. The summed E-state index contributed by atoms with van der Waals surface area (Å²) in [4.78, 5) is 14.2. The van der Waals surface area contributed by atoms with E-state index in [0.717, 1.165) is 11.1 Å². The highest BCUT2D eigenvalue weighted by Gasteiger charge is 2.32. The average molecular weight is 336 g/mol. The number of likely N-dealkylation sites (tertiary alicyclic amines) is 1. The van der Waals surface area contributed by atoms with Gasteiger partial charge in [0.25, 0.3) is 0 Å². The lowest BCUT2D eigenvalue weighted by molar-refractivity contribution is 0.0259. The minimum absolute atomic E-state index is 0.221. The van der Waals surface area contributed by atoms with Crippen molar-refractivity contribution in [2.75, 3.05) is 6.54 Å². The van der Waals surface area contributed by atoms with Crippen LogP contribution in [0.4, 0.5) is 4.79 Å². The number of aliphatic hydroxyl groups is 1. The van der Waals surface area contributed by atoms with Crippen LogP contribution >= 0.6 is 0 Å². The van der Waals surface area contributed by atoms with Crippen LogP contribution in [-0.4, -0.2) is 28.7 Å². The molecule has 1 heterocycles. The number of aliphatic hydroxyl groups excluding tert-OH is 1. The number of benzene rings is 2. The van der Waals surface area contributed by atoms with Gasteiger partial charge < -0.3 is 14.7 Å². The molecular weight excluding hydrogens is 316 g/mol. The Morgan fingerprint density at radius 1 is 1.20 bits per heavy atom. The molecule has 5 heteroatoms. The van der Waals surface area contributed by atoms with E-state index in [9.17, 15) is 9.90 Å². The lowest BCUT2D eigenvalue weighted by Crippen LogP contribution is -2.42. The maximum absolute atomic E-state index is 12.6. The molecule has 128 valence electrons. The van der Waals surface area contributed by atoms with Gasteiger partial charge in [-0.15, -0.1) is 0 Å². The highest BCUT2D eigenvalue weighted by molar-refractivity contribution is 5.68. The second-order valence-electron chi connectivity index (χ2n) is 6.16. The minimum atomic E-state index is -0.446. The summed E-state index contributed by atoms with van der Waals surface area (Å²) in [6, 6.07) is 18.5. The second kappa shape index (κ2) is 7.82. The molecule has 2 aromatic carbocycles. The zero-order chi connectivity index (χ0) is 17.6. The molecule has 0 spiro atoms. The van der Waals surface area contributed by atoms with E-state index in [0.29, 0.717) is 24.9 Å². The standard InChI is InChI=1S/C20H20N2O3/c21-13-15-6-8-17(9-7-15)19-12-18(23)10-11-22(19)20(24)25-14-16-4-2-1-3-5-16/h1-9,18-19,23H,10-12,14H2/t18?,19-/m0/s1. The van der Waals surface area contributed by atoms with Gasteiger partial charge in [0.2, 0.25) is 0 Å². The van der Waals surface area contributed by atoms with Gasteiger partial charge in [-0.2, -0.15) is 5.26 Å². The Balaban J connectivity index is 1.72. The van der Waals surface area contributed by atoms with Gasteiger partial charge >= 0.3 is 6.09 Å². The number of nitrogens with zero attached hydrogens (tertiary/aromatic N) is 2. The average Bonchev–Trinajstić information content (AvgIpc) is 2.67. The molecule has 1 saturated heterocycles. The van der Waals surface area contributed by atoms with Gasteiger partial charge in [0.15, 0.2) is 0 Å². The van der Waals surface area contributed by atoms with Gasteiger partial charge in [-0.05, 0) is 36.1 Å². The van der Waals surface area contributed by atoms with E-state index in [4.69, 9.17) is 10.00 Å². The van der Waals surface area contributed by atoms with Crippen LogP contribution in [0.25, 0.3) is 0 Å². The van der Waals surface area contributed by atoms with Crippen molar-refractivity contribution in [2.45, 2.75) is 31.6 Å². The van der Waals surface area contributed by atoms with Crippen molar-refractivity contribution in [1.82, 2.24) is 4.90 Å². The minimum Gasteiger partial charge on any atom is -0.445 e. The van der Waals surface area contributed by atoms with Crippen LogP contribution in [0.2, 0.25) is 0 Å². The van der Waals surface area contributed by atoms with E-state index < -0.39 is 6.10 Å². The van der Waals surface area contributed by atoms with Gasteiger partial charge in [-0.25, -0.2) is 4.79 Å². The first-order valence-corrected chi connectivity index (χ1v) is 8.33. The smallest absolute Gasteiger partial charge is 0.410 e. The highest BCUT2D eigenvalue weighted by Crippen LogP contribution is 2.32. The van der Waals surface area contributed by atoms with E-state index in [2.05, 4.69) is 6.07 Å². The Hall–Kier alpha value is -2.84. The lowest BCUT2D eigenvalue weighted by atomic mass is 9.93. The third-order valence-electron chi connectivity index (χ3n) is 4.44. The summed E-state index contributed by atoms with van der Waals surface area (Å²) in [6.45, 7) is 0.665. The van der Waals surface area contributed by atoms with Gasteiger partial charge in [0.1, 0.15) is 6.61 Å². The van der Waals surface area contributed by atoms with Gasteiger partial charge in [-0.1, -0.05) is 42.5 Å². The lowest BCUT2D eigenvalue weighted by Gasteiger charge is -2.37. The van der Waals surface area contributed by atoms with Crippen molar-refractivity contribution in [2.24, 2.45) is 0 Å². The molecule has 25 heavy (non-hydrogen) atoms. The fraction of sp³-hybridized carbons (Fsp3) is 0.300. The summed E-state index contributed by atoms with van der Waals surface area (Å²) in [6.07, 6.45) is 0.170. The summed E-state index contributed by atoms with van der Waals surface area (Å²) in [5.41, 5.74) is 2.40. The topological polar surface area (TPSA) is 73.6 Å². The van der Waals surface area contributed by atoms with Crippen LogP contribution in [0, 0.1) is 11.3 Å². The number of amides is 1. The summed E-state index contributed by atoms with van der Waals surface area (Å²) in [7, 11) is 0. The fourth-order valence-corrected chi connectivity index (χ4v) is 3.06. The van der Waals surface area contributed by atoms with Gasteiger partial charge in [0.05, 0.1) is 23.8 Å². The maximum Gasteiger partial charge on any atom is 0.410 e. The first kappa shape index (κ1) is 17.0. The number of piperidine rings is 1. The molecule has 1 aliphatic rings.